The molecule has 4 rings (SSSR count). The molecule has 3 aromatic heterocycles. The lowest BCUT2D eigenvalue weighted by atomic mass is 10.1. The van der Waals surface area contributed by atoms with Crippen molar-refractivity contribution in [3.63, 3.8) is 0 Å². The Morgan fingerprint density at radius 1 is 0.971 bits per heavy atom. The number of benzene rings is 1. The van der Waals surface area contributed by atoms with Crippen LogP contribution in [0.1, 0.15) is 36.7 Å². The number of hydrogen-bond donors (Lipinski definition) is 1. The predicted octanol–water partition coefficient (Wildman–Crippen LogP) is 3.95. The molecular formula is C23H23F2N7O2S. The number of nitrogens with zero attached hydrogens (tertiary/aromatic N) is 6. The molecule has 4 aromatic rings. The van der Waals surface area contributed by atoms with Crippen LogP contribution in [0.4, 0.5) is 14.7 Å². The normalized spacial score (nSPS) is 13.4. The number of hydrogen-bond acceptors (Lipinski definition) is 7. The Kier molecular flexibility index (Phi) is 6.57. The minimum absolute atomic E-state index is 0.0213. The molecule has 2 atom stereocenters. The second kappa shape index (κ2) is 9.45. The Labute approximate surface area is 201 Å². The minimum Gasteiger partial charge on any atom is -0.264 e. The van der Waals surface area contributed by atoms with Gasteiger partial charge in [0.05, 0.1) is 16.6 Å². The van der Waals surface area contributed by atoms with Crippen molar-refractivity contribution in [3.05, 3.63) is 77.6 Å². The summed E-state index contributed by atoms with van der Waals surface area (Å²) in [5.41, 5.74) is 1.85. The van der Waals surface area contributed by atoms with E-state index in [2.05, 4.69) is 29.9 Å². The van der Waals surface area contributed by atoms with Crippen LogP contribution in [0.2, 0.25) is 0 Å². The van der Waals surface area contributed by atoms with Gasteiger partial charge >= 0.3 is 0 Å². The molecule has 0 fully saturated rings. The van der Waals surface area contributed by atoms with Gasteiger partial charge in [0.2, 0.25) is 16.0 Å². The van der Waals surface area contributed by atoms with Crippen LogP contribution < -0.4 is 4.72 Å². The first-order valence-corrected chi connectivity index (χ1v) is 12.2. The van der Waals surface area contributed by atoms with Crippen molar-refractivity contribution >= 4 is 16.0 Å². The summed E-state index contributed by atoms with van der Waals surface area (Å²) >= 11 is 0. The molecule has 0 amide bonds. The summed E-state index contributed by atoms with van der Waals surface area (Å²) < 4.78 is 59.6. The highest BCUT2D eigenvalue weighted by Gasteiger charge is 2.32. The van der Waals surface area contributed by atoms with E-state index in [9.17, 15) is 17.2 Å². The van der Waals surface area contributed by atoms with E-state index in [0.29, 0.717) is 17.0 Å². The molecule has 0 unspecified atom stereocenters. The van der Waals surface area contributed by atoms with Crippen molar-refractivity contribution in [1.29, 1.82) is 0 Å². The molecule has 0 saturated heterocycles. The summed E-state index contributed by atoms with van der Waals surface area (Å²) in [6.07, 6.45) is 6.13. The van der Waals surface area contributed by atoms with Gasteiger partial charge in [0.15, 0.2) is 5.82 Å². The number of halogens is 2. The summed E-state index contributed by atoms with van der Waals surface area (Å²) in [6.45, 7) is 6.78. The van der Waals surface area contributed by atoms with Crippen LogP contribution in [0.25, 0.3) is 17.1 Å². The van der Waals surface area contributed by atoms with E-state index in [4.69, 9.17) is 0 Å². The fourth-order valence-corrected chi connectivity index (χ4v) is 4.75. The molecule has 182 valence electrons. The highest BCUT2D eigenvalue weighted by atomic mass is 32.2. The van der Waals surface area contributed by atoms with Crippen LogP contribution >= 0.6 is 0 Å². The second-order valence-corrected chi connectivity index (χ2v) is 10.3. The van der Waals surface area contributed by atoms with Gasteiger partial charge in [-0.2, -0.15) is 0 Å². The van der Waals surface area contributed by atoms with Crippen molar-refractivity contribution in [3.8, 4) is 17.1 Å². The number of aromatic nitrogens is 6. The van der Waals surface area contributed by atoms with E-state index >= 15 is 0 Å². The third kappa shape index (κ3) is 4.87. The van der Waals surface area contributed by atoms with Gasteiger partial charge < -0.3 is 0 Å². The molecule has 0 aliphatic rings. The van der Waals surface area contributed by atoms with Gasteiger partial charge in [-0.3, -0.25) is 24.2 Å². The van der Waals surface area contributed by atoms with Crippen LogP contribution in [-0.2, 0) is 10.0 Å². The lowest BCUT2D eigenvalue weighted by Gasteiger charge is -2.21. The Bertz CT molecular complexity index is 1450. The van der Waals surface area contributed by atoms with E-state index in [1.807, 2.05) is 0 Å². The molecule has 0 bridgehead atoms. The van der Waals surface area contributed by atoms with Crippen LogP contribution in [-0.4, -0.2) is 43.4 Å². The van der Waals surface area contributed by atoms with Gasteiger partial charge in [0, 0.05) is 36.3 Å². The van der Waals surface area contributed by atoms with Gasteiger partial charge in [0.1, 0.15) is 17.3 Å². The zero-order chi connectivity index (χ0) is 25.3. The number of sulfonamides is 1. The molecule has 1 N–H and O–H groups in total. The van der Waals surface area contributed by atoms with Crippen LogP contribution in [0, 0.1) is 25.5 Å². The van der Waals surface area contributed by atoms with E-state index in [1.165, 1.54) is 25.4 Å². The van der Waals surface area contributed by atoms with Crippen molar-refractivity contribution in [2.75, 3.05) is 4.72 Å². The van der Waals surface area contributed by atoms with Crippen molar-refractivity contribution in [1.82, 2.24) is 29.7 Å². The van der Waals surface area contributed by atoms with Crippen molar-refractivity contribution < 1.29 is 17.2 Å². The molecule has 35 heavy (non-hydrogen) atoms. The SMILES string of the molecule is Cc1cncc(-c2nnc(NS(=O)(=O)[C@@H](C)[C@H](C)c3cnc(C)cn3)n2-c2c(F)cccc2F)c1. The van der Waals surface area contributed by atoms with Gasteiger partial charge in [0.25, 0.3) is 0 Å². The molecule has 3 heterocycles. The average molecular weight is 500 g/mol. The topological polar surface area (TPSA) is 116 Å². The highest BCUT2D eigenvalue weighted by molar-refractivity contribution is 7.93. The smallest absolute Gasteiger partial charge is 0.243 e. The van der Waals surface area contributed by atoms with Crippen LogP contribution in [0.5, 0.6) is 0 Å². The molecule has 1 aromatic carbocycles. The summed E-state index contributed by atoms with van der Waals surface area (Å²) in [5.74, 6) is -2.71. The van der Waals surface area contributed by atoms with E-state index in [-0.39, 0.29) is 11.8 Å². The Hall–Kier alpha value is -3.80. The van der Waals surface area contributed by atoms with Gasteiger partial charge in [-0.25, -0.2) is 17.2 Å². The lowest BCUT2D eigenvalue weighted by Crippen LogP contribution is -2.31. The van der Waals surface area contributed by atoms with Gasteiger partial charge in [-0.1, -0.05) is 13.0 Å². The van der Waals surface area contributed by atoms with Crippen molar-refractivity contribution in [2.24, 2.45) is 0 Å². The third-order valence-corrected chi connectivity index (χ3v) is 7.51. The van der Waals surface area contributed by atoms with E-state index in [0.717, 1.165) is 22.3 Å². The maximum atomic E-state index is 14.8. The molecule has 0 aliphatic heterocycles. The largest absolute Gasteiger partial charge is 0.264 e. The molecule has 12 heteroatoms. The van der Waals surface area contributed by atoms with Crippen molar-refractivity contribution in [2.45, 2.75) is 38.9 Å². The second-order valence-electron chi connectivity index (χ2n) is 8.23. The van der Waals surface area contributed by atoms with Gasteiger partial charge in [-0.05, 0) is 44.5 Å². The maximum Gasteiger partial charge on any atom is 0.243 e. The fraction of sp³-hybridized carbons (Fsp3) is 0.261. The maximum absolute atomic E-state index is 14.8. The molecule has 0 aliphatic carbocycles. The monoisotopic (exact) mass is 499 g/mol. The van der Waals surface area contributed by atoms with Crippen LogP contribution in [0.3, 0.4) is 0 Å². The average Bonchev–Trinajstić information content (AvgIpc) is 3.21. The molecule has 9 nitrogen and oxygen atoms in total. The zero-order valence-corrected chi connectivity index (χ0v) is 20.3. The number of pyridine rings is 1. The Morgan fingerprint density at radius 3 is 2.31 bits per heavy atom. The predicted molar refractivity (Wildman–Crippen MR) is 126 cm³/mol. The first-order chi connectivity index (χ1) is 16.6. The number of nitrogens with one attached hydrogen (secondary N) is 1. The fourth-order valence-electron chi connectivity index (χ4n) is 3.50. The number of aryl methyl sites for hydroxylation is 2. The van der Waals surface area contributed by atoms with E-state index in [1.54, 1.807) is 39.2 Å². The first kappa shape index (κ1) is 24.3. The summed E-state index contributed by atoms with van der Waals surface area (Å²) in [6, 6.07) is 5.04. The quantitative estimate of drug-likeness (QED) is 0.409. The molecule has 0 saturated carbocycles. The number of anilines is 1. The zero-order valence-electron chi connectivity index (χ0n) is 19.4. The first-order valence-electron chi connectivity index (χ1n) is 10.7. The Morgan fingerprint density at radius 2 is 1.69 bits per heavy atom. The molecule has 0 spiro atoms. The number of rotatable bonds is 7. The third-order valence-electron chi connectivity index (χ3n) is 5.65. The summed E-state index contributed by atoms with van der Waals surface area (Å²) in [7, 11) is -4.11. The Balaban J connectivity index is 1.79. The molecular weight excluding hydrogens is 476 g/mol. The molecule has 0 radical (unpaired) electrons. The van der Waals surface area contributed by atoms with Gasteiger partial charge in [-0.15, -0.1) is 10.2 Å². The standard InChI is InChI=1S/C23H23F2N7O2S/c1-13-8-17(11-26-9-13)22-29-30-23(32(22)21-18(24)6-5-7-19(21)25)31-35(33,34)16(4)15(3)20-12-27-14(2)10-28-20/h5-12,15-16H,1-4H3,(H,30,31)/t15-,16-/m0/s1. The lowest BCUT2D eigenvalue weighted by molar-refractivity contribution is 0.566. The van der Waals surface area contributed by atoms with E-state index < -0.39 is 38.5 Å². The summed E-state index contributed by atoms with van der Waals surface area (Å²) in [4.78, 5) is 12.5. The minimum atomic E-state index is -4.11. The summed E-state index contributed by atoms with van der Waals surface area (Å²) in [5, 5.41) is 6.97. The number of para-hydroxylation sites is 1. The van der Waals surface area contributed by atoms with Crippen LogP contribution in [0.15, 0.2) is 49.1 Å². The highest BCUT2D eigenvalue weighted by Crippen LogP contribution is 2.30.